The Balaban J connectivity index is 1.99. The third-order valence-electron chi connectivity index (χ3n) is 3.75. The summed E-state index contributed by atoms with van der Waals surface area (Å²) < 4.78 is 5.65. The van der Waals surface area contributed by atoms with E-state index < -0.39 is 0 Å². The van der Waals surface area contributed by atoms with Gasteiger partial charge in [-0.1, -0.05) is 12.1 Å². The van der Waals surface area contributed by atoms with Crippen molar-refractivity contribution >= 4 is 17.6 Å². The smallest absolute Gasteiger partial charge is 0.318 e. The molecule has 0 bridgehead atoms. The monoisotopic (exact) mass is 319 g/mol. The van der Waals surface area contributed by atoms with Gasteiger partial charge < -0.3 is 20.3 Å². The predicted octanol–water partition coefficient (Wildman–Crippen LogP) is 2.52. The van der Waals surface area contributed by atoms with E-state index in [0.29, 0.717) is 13.1 Å². The molecule has 0 spiro atoms. The number of benzene rings is 1. The molecule has 0 radical (unpaired) electrons. The van der Waals surface area contributed by atoms with E-state index in [2.05, 4.69) is 10.6 Å². The second kappa shape index (κ2) is 7.46. The van der Waals surface area contributed by atoms with E-state index in [1.54, 1.807) is 4.90 Å². The summed E-state index contributed by atoms with van der Waals surface area (Å²) in [5.41, 5.74) is 1.67. The summed E-state index contributed by atoms with van der Waals surface area (Å²) in [4.78, 5) is 25.4. The molecule has 1 fully saturated rings. The van der Waals surface area contributed by atoms with Gasteiger partial charge in [-0.25, -0.2) is 4.79 Å². The van der Waals surface area contributed by atoms with Crippen molar-refractivity contribution in [2.75, 3.05) is 18.4 Å². The lowest BCUT2D eigenvalue weighted by Crippen LogP contribution is -2.52. The molecule has 3 amide bonds. The fraction of sp³-hybridized carbons (Fsp3) is 0.529. The Kier molecular flexibility index (Phi) is 5.60. The zero-order chi connectivity index (χ0) is 17.0. The molecule has 126 valence electrons. The largest absolute Gasteiger partial charge is 0.372 e. The van der Waals surface area contributed by atoms with Crippen molar-refractivity contribution in [3.63, 3.8) is 0 Å². The Morgan fingerprint density at radius 1 is 1.26 bits per heavy atom. The first-order valence-electron chi connectivity index (χ1n) is 7.93. The lowest BCUT2D eigenvalue weighted by molar-refractivity contribution is -0.114. The number of morpholine rings is 1. The standard InChI is InChI=1S/C17H25N3O3/c1-11-9-20(10-12(2)23-11)17(22)18-13(3)15-6-5-7-16(8-15)19-14(4)21/h5-8,11-13H,9-10H2,1-4H3,(H,18,22)(H,19,21)/t11-,12+,13-/m1/s1. The first-order valence-corrected chi connectivity index (χ1v) is 7.93. The van der Waals surface area contributed by atoms with Crippen LogP contribution in [0.3, 0.4) is 0 Å². The van der Waals surface area contributed by atoms with Gasteiger partial charge in [-0.2, -0.15) is 0 Å². The molecule has 1 aliphatic heterocycles. The van der Waals surface area contributed by atoms with Crippen molar-refractivity contribution in [1.29, 1.82) is 0 Å². The molecule has 23 heavy (non-hydrogen) atoms. The highest BCUT2D eigenvalue weighted by molar-refractivity contribution is 5.88. The van der Waals surface area contributed by atoms with Gasteiger partial charge >= 0.3 is 6.03 Å². The van der Waals surface area contributed by atoms with Gasteiger partial charge in [0, 0.05) is 25.7 Å². The number of hydrogen-bond acceptors (Lipinski definition) is 3. The summed E-state index contributed by atoms with van der Waals surface area (Å²) in [6.45, 7) is 8.52. The minimum atomic E-state index is -0.148. The van der Waals surface area contributed by atoms with Gasteiger partial charge in [0.1, 0.15) is 0 Å². The number of nitrogens with one attached hydrogen (secondary N) is 2. The van der Waals surface area contributed by atoms with Gasteiger partial charge in [-0.3, -0.25) is 4.79 Å². The van der Waals surface area contributed by atoms with Gasteiger partial charge in [-0.15, -0.1) is 0 Å². The molecule has 1 saturated heterocycles. The molecule has 2 N–H and O–H groups in total. The van der Waals surface area contributed by atoms with Crippen molar-refractivity contribution in [2.24, 2.45) is 0 Å². The number of hydrogen-bond donors (Lipinski definition) is 2. The molecular weight excluding hydrogens is 294 g/mol. The molecule has 0 saturated carbocycles. The molecule has 1 aliphatic rings. The molecule has 1 aromatic rings. The van der Waals surface area contributed by atoms with Crippen LogP contribution >= 0.6 is 0 Å². The van der Waals surface area contributed by atoms with E-state index in [4.69, 9.17) is 4.74 Å². The highest BCUT2D eigenvalue weighted by Crippen LogP contribution is 2.18. The van der Waals surface area contributed by atoms with E-state index >= 15 is 0 Å². The maximum absolute atomic E-state index is 12.4. The van der Waals surface area contributed by atoms with E-state index in [1.165, 1.54) is 6.92 Å². The van der Waals surface area contributed by atoms with Crippen LogP contribution in [0, 0.1) is 0 Å². The van der Waals surface area contributed by atoms with Crippen molar-refractivity contribution in [1.82, 2.24) is 10.2 Å². The highest BCUT2D eigenvalue weighted by atomic mass is 16.5. The van der Waals surface area contributed by atoms with Crippen LogP contribution in [0.15, 0.2) is 24.3 Å². The van der Waals surface area contributed by atoms with Crippen molar-refractivity contribution in [3.8, 4) is 0 Å². The van der Waals surface area contributed by atoms with Gasteiger partial charge in [0.2, 0.25) is 5.91 Å². The average Bonchev–Trinajstić information content (AvgIpc) is 2.45. The van der Waals surface area contributed by atoms with Crippen LogP contribution in [0.2, 0.25) is 0 Å². The fourth-order valence-corrected chi connectivity index (χ4v) is 2.79. The maximum atomic E-state index is 12.4. The van der Waals surface area contributed by atoms with Gasteiger partial charge in [-0.05, 0) is 38.5 Å². The second-order valence-electron chi connectivity index (χ2n) is 6.14. The fourth-order valence-electron chi connectivity index (χ4n) is 2.79. The van der Waals surface area contributed by atoms with Crippen LogP contribution < -0.4 is 10.6 Å². The maximum Gasteiger partial charge on any atom is 0.318 e. The topological polar surface area (TPSA) is 70.7 Å². The third kappa shape index (κ3) is 4.96. The van der Waals surface area contributed by atoms with E-state index in [9.17, 15) is 9.59 Å². The summed E-state index contributed by atoms with van der Waals surface area (Å²) in [5, 5.41) is 5.76. The molecule has 0 aromatic heterocycles. The number of carbonyl (C=O) groups excluding carboxylic acids is 2. The molecular formula is C17H25N3O3. The Morgan fingerprint density at radius 3 is 2.52 bits per heavy atom. The van der Waals surface area contributed by atoms with Crippen LogP contribution in [-0.4, -0.2) is 42.1 Å². The normalized spacial score (nSPS) is 22.3. The second-order valence-corrected chi connectivity index (χ2v) is 6.14. The third-order valence-corrected chi connectivity index (χ3v) is 3.75. The molecule has 6 heteroatoms. The van der Waals surface area contributed by atoms with Crippen molar-refractivity contribution < 1.29 is 14.3 Å². The summed E-state index contributed by atoms with van der Waals surface area (Å²) in [5.74, 6) is -0.116. The van der Waals surface area contributed by atoms with E-state index in [-0.39, 0.29) is 30.2 Å². The van der Waals surface area contributed by atoms with E-state index in [1.807, 2.05) is 45.0 Å². The van der Waals surface area contributed by atoms with Crippen LogP contribution in [0.25, 0.3) is 0 Å². The molecule has 0 unspecified atom stereocenters. The summed E-state index contributed by atoms with van der Waals surface area (Å²) in [6, 6.07) is 7.25. The zero-order valence-electron chi connectivity index (χ0n) is 14.1. The lowest BCUT2D eigenvalue weighted by Gasteiger charge is -2.35. The first-order chi connectivity index (χ1) is 10.8. The minimum Gasteiger partial charge on any atom is -0.372 e. The Morgan fingerprint density at radius 2 is 1.91 bits per heavy atom. The Labute approximate surface area is 137 Å². The molecule has 6 nitrogen and oxygen atoms in total. The Hall–Kier alpha value is -2.08. The summed E-state index contributed by atoms with van der Waals surface area (Å²) in [6.07, 6.45) is 0.0887. The average molecular weight is 319 g/mol. The van der Waals surface area contributed by atoms with Gasteiger partial charge in [0.05, 0.1) is 18.2 Å². The van der Waals surface area contributed by atoms with E-state index in [0.717, 1.165) is 11.3 Å². The molecule has 1 heterocycles. The lowest BCUT2D eigenvalue weighted by atomic mass is 10.1. The zero-order valence-corrected chi connectivity index (χ0v) is 14.1. The number of anilines is 1. The van der Waals surface area contributed by atoms with Gasteiger partial charge in [0.15, 0.2) is 0 Å². The van der Waals surface area contributed by atoms with Crippen molar-refractivity contribution in [2.45, 2.75) is 45.9 Å². The summed E-state index contributed by atoms with van der Waals surface area (Å²) >= 11 is 0. The number of urea groups is 1. The number of rotatable bonds is 3. The number of nitrogens with zero attached hydrogens (tertiary/aromatic N) is 1. The summed E-state index contributed by atoms with van der Waals surface area (Å²) in [7, 11) is 0. The predicted molar refractivity (Wildman–Crippen MR) is 89.3 cm³/mol. The van der Waals surface area contributed by atoms with Crippen LogP contribution in [0.5, 0.6) is 0 Å². The minimum absolute atomic E-state index is 0.0444. The Bertz CT molecular complexity index is 566. The number of amides is 3. The van der Waals surface area contributed by atoms with Crippen LogP contribution in [-0.2, 0) is 9.53 Å². The number of carbonyl (C=O) groups is 2. The van der Waals surface area contributed by atoms with Crippen molar-refractivity contribution in [3.05, 3.63) is 29.8 Å². The number of ether oxygens (including phenoxy) is 1. The molecule has 0 aliphatic carbocycles. The van der Waals surface area contributed by atoms with Crippen LogP contribution in [0.1, 0.15) is 39.3 Å². The molecule has 3 atom stereocenters. The van der Waals surface area contributed by atoms with Gasteiger partial charge in [0.25, 0.3) is 0 Å². The van der Waals surface area contributed by atoms with Crippen LogP contribution in [0.4, 0.5) is 10.5 Å². The molecule has 2 rings (SSSR count). The first kappa shape index (κ1) is 17.3. The molecule has 1 aromatic carbocycles. The SMILES string of the molecule is CC(=O)Nc1cccc([C@@H](C)NC(=O)N2C[C@@H](C)O[C@@H](C)C2)c1. The highest BCUT2D eigenvalue weighted by Gasteiger charge is 2.26. The quantitative estimate of drug-likeness (QED) is 0.899.